The largest absolute Gasteiger partial charge is 0.481 e. The van der Waals surface area contributed by atoms with Crippen molar-refractivity contribution in [1.82, 2.24) is 10.6 Å². The van der Waals surface area contributed by atoms with Gasteiger partial charge in [0, 0.05) is 19.0 Å². The maximum atomic E-state index is 13.1. The molecule has 5 nitrogen and oxygen atoms in total. The highest BCUT2D eigenvalue weighted by Gasteiger charge is 2.19. The third-order valence-electron chi connectivity index (χ3n) is 3.37. The highest BCUT2D eigenvalue weighted by Crippen LogP contribution is 2.09. The molecule has 0 aromatic heterocycles. The Morgan fingerprint density at radius 3 is 2.33 bits per heavy atom. The summed E-state index contributed by atoms with van der Waals surface area (Å²) in [5, 5.41) is 14.3. The number of carbonyl (C=O) groups is 2. The minimum absolute atomic E-state index is 0.0267. The molecular weight excluding hydrogens is 318 g/mol. The topological polar surface area (TPSA) is 78.4 Å². The molecule has 1 rings (SSSR count). The molecule has 0 aliphatic rings. The van der Waals surface area contributed by atoms with Crippen molar-refractivity contribution in [2.75, 3.05) is 6.54 Å². The molecule has 134 valence electrons. The lowest BCUT2D eigenvalue weighted by Crippen LogP contribution is -2.45. The van der Waals surface area contributed by atoms with Crippen LogP contribution < -0.4 is 10.6 Å². The fourth-order valence-corrected chi connectivity index (χ4v) is 2.30. The molecule has 0 spiro atoms. The van der Waals surface area contributed by atoms with Crippen molar-refractivity contribution < 1.29 is 23.5 Å². The van der Waals surface area contributed by atoms with Crippen LogP contribution in [0.25, 0.3) is 0 Å². The molecule has 1 aromatic rings. The van der Waals surface area contributed by atoms with Gasteiger partial charge in [0.25, 0.3) is 0 Å². The molecule has 0 radical (unpaired) electrons. The van der Waals surface area contributed by atoms with Crippen LogP contribution in [0.15, 0.2) is 18.2 Å². The minimum atomic E-state index is -0.880. The Kier molecular flexibility index (Phi) is 8.32. The number of hydrogen-bond donors (Lipinski definition) is 3. The average molecular weight is 342 g/mol. The van der Waals surface area contributed by atoms with Gasteiger partial charge in [-0.1, -0.05) is 13.8 Å². The van der Waals surface area contributed by atoms with Crippen molar-refractivity contribution in [3.8, 4) is 0 Å². The van der Waals surface area contributed by atoms with Crippen molar-refractivity contribution in [2.45, 2.75) is 45.7 Å². The minimum Gasteiger partial charge on any atom is -0.481 e. The first-order valence-corrected chi connectivity index (χ1v) is 7.95. The second kappa shape index (κ2) is 9.97. The normalized spacial score (nSPS) is 12.2. The monoisotopic (exact) mass is 342 g/mol. The first-order valence-electron chi connectivity index (χ1n) is 7.95. The van der Waals surface area contributed by atoms with E-state index in [4.69, 9.17) is 5.11 Å². The van der Waals surface area contributed by atoms with Crippen LogP contribution in [-0.2, 0) is 16.1 Å². The zero-order valence-corrected chi connectivity index (χ0v) is 13.9. The molecule has 0 aliphatic carbocycles. The molecule has 0 saturated heterocycles. The average Bonchev–Trinajstić information content (AvgIpc) is 2.46. The quantitative estimate of drug-likeness (QED) is 0.571. The van der Waals surface area contributed by atoms with Gasteiger partial charge < -0.3 is 15.7 Å². The van der Waals surface area contributed by atoms with Gasteiger partial charge in [-0.25, -0.2) is 8.78 Å². The number of rotatable bonds is 10. The SMILES string of the molecule is CC(C)C[C@H](NCCCC(=O)O)C(=O)NCc1cc(F)cc(F)c1. The fraction of sp³-hybridized carbons (Fsp3) is 0.529. The predicted molar refractivity (Wildman–Crippen MR) is 86.3 cm³/mol. The summed E-state index contributed by atoms with van der Waals surface area (Å²) in [6.45, 7) is 4.38. The van der Waals surface area contributed by atoms with E-state index in [-0.39, 0.29) is 24.8 Å². The van der Waals surface area contributed by atoms with E-state index in [1.807, 2.05) is 13.8 Å². The number of amides is 1. The van der Waals surface area contributed by atoms with Crippen LogP contribution >= 0.6 is 0 Å². The van der Waals surface area contributed by atoms with Crippen LogP contribution in [0.4, 0.5) is 8.78 Å². The Morgan fingerprint density at radius 2 is 1.79 bits per heavy atom. The van der Waals surface area contributed by atoms with E-state index in [0.717, 1.165) is 6.07 Å². The van der Waals surface area contributed by atoms with Crippen LogP contribution in [0.5, 0.6) is 0 Å². The predicted octanol–water partition coefficient (Wildman–Crippen LogP) is 2.45. The summed E-state index contributed by atoms with van der Waals surface area (Å²) in [6.07, 6.45) is 1.04. The Hall–Kier alpha value is -2.02. The molecule has 7 heteroatoms. The van der Waals surface area contributed by atoms with Gasteiger partial charge in [0.05, 0.1) is 6.04 Å². The number of benzene rings is 1. The molecule has 0 bridgehead atoms. The van der Waals surface area contributed by atoms with Crippen molar-refractivity contribution in [3.05, 3.63) is 35.4 Å². The van der Waals surface area contributed by atoms with Crippen LogP contribution in [0.1, 0.15) is 38.7 Å². The number of nitrogens with one attached hydrogen (secondary N) is 2. The van der Waals surface area contributed by atoms with E-state index < -0.39 is 23.6 Å². The molecule has 1 amide bonds. The van der Waals surface area contributed by atoms with Gasteiger partial charge in [-0.3, -0.25) is 9.59 Å². The van der Waals surface area contributed by atoms with Crippen molar-refractivity contribution in [3.63, 3.8) is 0 Å². The summed E-state index contributed by atoms with van der Waals surface area (Å²) >= 11 is 0. The summed E-state index contributed by atoms with van der Waals surface area (Å²) in [5.74, 6) is -2.27. The fourth-order valence-electron chi connectivity index (χ4n) is 2.30. The summed E-state index contributed by atoms with van der Waals surface area (Å²) in [6, 6.07) is 2.64. The van der Waals surface area contributed by atoms with E-state index in [9.17, 15) is 18.4 Å². The molecule has 3 N–H and O–H groups in total. The molecular formula is C17H24F2N2O3. The Balaban J connectivity index is 2.54. The maximum absolute atomic E-state index is 13.1. The summed E-state index contributed by atoms with van der Waals surface area (Å²) in [7, 11) is 0. The highest BCUT2D eigenvalue weighted by molar-refractivity contribution is 5.81. The van der Waals surface area contributed by atoms with Crippen molar-refractivity contribution >= 4 is 11.9 Å². The number of carboxylic acids is 1. The zero-order chi connectivity index (χ0) is 18.1. The van der Waals surface area contributed by atoms with Crippen molar-refractivity contribution in [2.24, 2.45) is 5.92 Å². The Labute approximate surface area is 140 Å². The molecule has 0 heterocycles. The van der Waals surface area contributed by atoms with Gasteiger partial charge in [-0.15, -0.1) is 0 Å². The molecule has 0 saturated carbocycles. The van der Waals surface area contributed by atoms with Gasteiger partial charge in [0.2, 0.25) is 5.91 Å². The maximum Gasteiger partial charge on any atom is 0.303 e. The lowest BCUT2D eigenvalue weighted by atomic mass is 10.0. The van der Waals surface area contributed by atoms with Crippen LogP contribution in [-0.4, -0.2) is 29.6 Å². The summed E-state index contributed by atoms with van der Waals surface area (Å²) in [4.78, 5) is 22.8. The number of halogens is 2. The molecule has 0 aliphatic heterocycles. The summed E-state index contributed by atoms with van der Waals surface area (Å²) < 4.78 is 26.3. The van der Waals surface area contributed by atoms with Crippen LogP contribution in [0.2, 0.25) is 0 Å². The number of hydrogen-bond acceptors (Lipinski definition) is 3. The van der Waals surface area contributed by atoms with E-state index in [0.29, 0.717) is 24.9 Å². The highest BCUT2D eigenvalue weighted by atomic mass is 19.1. The van der Waals surface area contributed by atoms with E-state index >= 15 is 0 Å². The van der Waals surface area contributed by atoms with E-state index in [2.05, 4.69) is 10.6 Å². The molecule has 1 aromatic carbocycles. The lowest BCUT2D eigenvalue weighted by Gasteiger charge is -2.20. The van der Waals surface area contributed by atoms with Gasteiger partial charge in [0.15, 0.2) is 0 Å². The zero-order valence-electron chi connectivity index (χ0n) is 13.9. The second-order valence-electron chi connectivity index (χ2n) is 6.13. The number of carbonyl (C=O) groups excluding carboxylic acids is 1. The second-order valence-corrected chi connectivity index (χ2v) is 6.13. The van der Waals surface area contributed by atoms with Crippen LogP contribution in [0.3, 0.4) is 0 Å². The smallest absolute Gasteiger partial charge is 0.303 e. The Morgan fingerprint density at radius 1 is 1.17 bits per heavy atom. The standard InChI is InChI=1S/C17H24F2N2O3/c1-11(2)6-15(20-5-3-4-16(22)23)17(24)21-10-12-7-13(18)9-14(19)8-12/h7-9,11,15,20H,3-6,10H2,1-2H3,(H,21,24)(H,22,23)/t15-/m0/s1. The molecule has 0 unspecified atom stereocenters. The lowest BCUT2D eigenvalue weighted by molar-refractivity contribution is -0.137. The molecule has 0 fully saturated rings. The summed E-state index contributed by atoms with van der Waals surface area (Å²) in [5.41, 5.74) is 0.343. The van der Waals surface area contributed by atoms with Gasteiger partial charge in [0.1, 0.15) is 11.6 Å². The first-order chi connectivity index (χ1) is 11.3. The third-order valence-corrected chi connectivity index (χ3v) is 3.37. The molecule has 24 heavy (non-hydrogen) atoms. The van der Waals surface area contributed by atoms with Crippen LogP contribution in [0, 0.1) is 17.6 Å². The Bertz CT molecular complexity index is 545. The van der Waals surface area contributed by atoms with E-state index in [1.54, 1.807) is 0 Å². The first kappa shape index (κ1) is 20.0. The number of carboxylic acid groups (broad SMARTS) is 1. The van der Waals surface area contributed by atoms with Crippen molar-refractivity contribution in [1.29, 1.82) is 0 Å². The van der Waals surface area contributed by atoms with E-state index in [1.165, 1.54) is 12.1 Å². The third kappa shape index (κ3) is 8.01. The van der Waals surface area contributed by atoms with Gasteiger partial charge in [-0.05, 0) is 43.0 Å². The molecule has 1 atom stereocenters. The van der Waals surface area contributed by atoms with Gasteiger partial charge >= 0.3 is 5.97 Å². The van der Waals surface area contributed by atoms with Gasteiger partial charge in [-0.2, -0.15) is 0 Å². The number of aliphatic carboxylic acids is 1.